The first-order valence-electron chi connectivity index (χ1n) is 3.59. The molecule has 0 spiro atoms. The van der Waals surface area contributed by atoms with Crippen molar-refractivity contribution in [1.82, 2.24) is 4.90 Å². The van der Waals surface area contributed by atoms with Gasteiger partial charge in [0.1, 0.15) is 0 Å². The molecule has 1 aliphatic heterocycles. The van der Waals surface area contributed by atoms with Gasteiger partial charge in [0.15, 0.2) is 9.84 Å². The van der Waals surface area contributed by atoms with Gasteiger partial charge >= 0.3 is 0 Å². The van der Waals surface area contributed by atoms with Crippen molar-refractivity contribution in [3.8, 4) is 0 Å². The molecule has 1 saturated heterocycles. The van der Waals surface area contributed by atoms with E-state index in [2.05, 4.69) is 0 Å². The molecule has 67 valence electrons. The quantitative estimate of drug-likeness (QED) is 0.508. The minimum Gasteiger partial charge on any atom is -0.337 e. The van der Waals surface area contributed by atoms with Crippen molar-refractivity contribution in [3.63, 3.8) is 0 Å². The molecule has 1 radical (unpaired) electrons. The van der Waals surface area contributed by atoms with Crippen LogP contribution in [0, 0.1) is 6.58 Å². The van der Waals surface area contributed by atoms with Crippen molar-refractivity contribution in [2.24, 2.45) is 0 Å². The Morgan fingerprint density at radius 2 is 1.83 bits per heavy atom. The summed E-state index contributed by atoms with van der Waals surface area (Å²) < 4.78 is 21.9. The zero-order chi connectivity index (χ0) is 9.19. The highest BCUT2D eigenvalue weighted by atomic mass is 32.2. The van der Waals surface area contributed by atoms with E-state index in [1.54, 1.807) is 0 Å². The minimum absolute atomic E-state index is 0.0482. The lowest BCUT2D eigenvalue weighted by Crippen LogP contribution is -2.42. The van der Waals surface area contributed by atoms with Gasteiger partial charge in [-0.2, -0.15) is 0 Å². The van der Waals surface area contributed by atoms with Crippen LogP contribution in [0.2, 0.25) is 0 Å². The molecule has 1 aliphatic rings. The Hall–Kier alpha value is -0.840. The molecule has 12 heavy (non-hydrogen) atoms. The molecule has 0 atom stereocenters. The van der Waals surface area contributed by atoms with E-state index in [0.29, 0.717) is 0 Å². The highest BCUT2D eigenvalue weighted by molar-refractivity contribution is 7.91. The molecule has 0 aliphatic carbocycles. The molecular formula is C7H10NO3S. The third kappa shape index (κ3) is 2.07. The summed E-state index contributed by atoms with van der Waals surface area (Å²) in [4.78, 5) is 12.4. The van der Waals surface area contributed by atoms with Crippen molar-refractivity contribution in [2.45, 2.75) is 0 Å². The molecule has 4 nitrogen and oxygen atoms in total. The number of carbonyl (C=O) groups is 1. The summed E-state index contributed by atoms with van der Waals surface area (Å²) >= 11 is 0. The number of hydrogen-bond acceptors (Lipinski definition) is 3. The van der Waals surface area contributed by atoms with E-state index >= 15 is 0 Å². The fraction of sp³-hybridized carbons (Fsp3) is 0.571. The van der Waals surface area contributed by atoms with Crippen LogP contribution in [0.15, 0.2) is 6.08 Å². The maximum Gasteiger partial charge on any atom is 0.246 e. The topological polar surface area (TPSA) is 54.5 Å². The van der Waals surface area contributed by atoms with Crippen LogP contribution in [0.4, 0.5) is 0 Å². The molecule has 5 heteroatoms. The fourth-order valence-electron chi connectivity index (χ4n) is 1.04. The summed E-state index contributed by atoms with van der Waals surface area (Å²) in [6.07, 6.45) is 0.956. The first-order chi connectivity index (χ1) is 5.55. The van der Waals surface area contributed by atoms with Gasteiger partial charge in [-0.3, -0.25) is 4.79 Å². The molecule has 1 heterocycles. The van der Waals surface area contributed by atoms with Crippen LogP contribution in [-0.2, 0) is 14.6 Å². The molecule has 1 amide bonds. The van der Waals surface area contributed by atoms with E-state index < -0.39 is 9.84 Å². The molecule has 0 saturated carbocycles. The van der Waals surface area contributed by atoms with Crippen molar-refractivity contribution in [1.29, 1.82) is 0 Å². The second-order valence-electron chi connectivity index (χ2n) is 2.64. The Labute approximate surface area is 71.8 Å². The molecule has 0 aromatic rings. The van der Waals surface area contributed by atoms with Crippen molar-refractivity contribution >= 4 is 15.7 Å². The molecule has 1 fully saturated rings. The van der Waals surface area contributed by atoms with Crippen LogP contribution in [0.5, 0.6) is 0 Å². The van der Waals surface area contributed by atoms with Crippen LogP contribution in [-0.4, -0.2) is 43.8 Å². The van der Waals surface area contributed by atoms with Gasteiger partial charge in [-0.1, -0.05) is 6.58 Å². The predicted molar refractivity (Wildman–Crippen MR) is 44.1 cm³/mol. The van der Waals surface area contributed by atoms with Gasteiger partial charge in [0.25, 0.3) is 0 Å². The van der Waals surface area contributed by atoms with E-state index in [1.165, 1.54) is 4.90 Å². The van der Waals surface area contributed by atoms with E-state index in [1.807, 2.05) is 0 Å². The summed E-state index contributed by atoms with van der Waals surface area (Å²) in [6, 6.07) is 0. The SMILES string of the molecule is [CH]=CC(=O)N1CCS(=O)(=O)CC1. The summed E-state index contributed by atoms with van der Waals surface area (Å²) in [5, 5.41) is 0. The fourth-order valence-corrected chi connectivity index (χ4v) is 2.24. The van der Waals surface area contributed by atoms with E-state index in [4.69, 9.17) is 6.58 Å². The average Bonchev–Trinajstić information content (AvgIpc) is 2.03. The third-order valence-electron chi connectivity index (χ3n) is 1.80. The second kappa shape index (κ2) is 3.26. The summed E-state index contributed by atoms with van der Waals surface area (Å²) in [5.74, 6) is -0.205. The first kappa shape index (κ1) is 9.25. The summed E-state index contributed by atoms with van der Waals surface area (Å²) in [7, 11) is -2.91. The molecule has 0 bridgehead atoms. The monoisotopic (exact) mass is 188 g/mol. The summed E-state index contributed by atoms with van der Waals surface area (Å²) in [5.41, 5.74) is 0. The average molecular weight is 188 g/mol. The van der Waals surface area contributed by atoms with Crippen molar-refractivity contribution in [3.05, 3.63) is 12.7 Å². The Bertz CT molecular complexity index is 280. The number of nitrogens with zero attached hydrogens (tertiary/aromatic N) is 1. The Balaban J connectivity index is 2.57. The second-order valence-corrected chi connectivity index (χ2v) is 4.95. The van der Waals surface area contributed by atoms with Gasteiger partial charge in [-0.15, -0.1) is 0 Å². The van der Waals surface area contributed by atoms with E-state index in [9.17, 15) is 13.2 Å². The number of carbonyl (C=O) groups excluding carboxylic acids is 1. The number of amides is 1. The van der Waals surface area contributed by atoms with Gasteiger partial charge < -0.3 is 4.90 Å². The van der Waals surface area contributed by atoms with Gasteiger partial charge in [0.2, 0.25) is 5.91 Å². The van der Waals surface area contributed by atoms with Gasteiger partial charge in [0.05, 0.1) is 11.5 Å². The number of hydrogen-bond donors (Lipinski definition) is 0. The smallest absolute Gasteiger partial charge is 0.246 e. The first-order valence-corrected chi connectivity index (χ1v) is 5.41. The Morgan fingerprint density at radius 1 is 1.33 bits per heavy atom. The van der Waals surface area contributed by atoms with Crippen LogP contribution in [0.3, 0.4) is 0 Å². The predicted octanol–water partition coefficient (Wildman–Crippen LogP) is -0.767. The van der Waals surface area contributed by atoms with Crippen LogP contribution in [0.25, 0.3) is 0 Å². The zero-order valence-corrected chi connectivity index (χ0v) is 7.38. The highest BCUT2D eigenvalue weighted by Crippen LogP contribution is 2.03. The third-order valence-corrected chi connectivity index (χ3v) is 3.41. The standard InChI is InChI=1S/C7H10NO3S/c1-2-7(9)8-3-5-12(10,11)6-4-8/h1-2H,3-6H2. The molecule has 0 N–H and O–H groups in total. The maximum absolute atomic E-state index is 10.9. The molecule has 0 aromatic heterocycles. The largest absolute Gasteiger partial charge is 0.337 e. The Morgan fingerprint density at radius 3 is 2.25 bits per heavy atom. The molecule has 0 unspecified atom stereocenters. The van der Waals surface area contributed by atoms with Crippen LogP contribution in [0.1, 0.15) is 0 Å². The Kier molecular flexibility index (Phi) is 2.52. The van der Waals surface area contributed by atoms with Crippen molar-refractivity contribution < 1.29 is 13.2 Å². The van der Waals surface area contributed by atoms with Gasteiger partial charge in [-0.05, 0) is 0 Å². The number of sulfone groups is 1. The van der Waals surface area contributed by atoms with E-state index in [-0.39, 0.29) is 30.5 Å². The minimum atomic E-state index is -2.91. The maximum atomic E-state index is 10.9. The lowest BCUT2D eigenvalue weighted by molar-refractivity contribution is -0.125. The lowest BCUT2D eigenvalue weighted by Gasteiger charge is -2.25. The number of rotatable bonds is 1. The van der Waals surface area contributed by atoms with E-state index in [0.717, 1.165) is 6.08 Å². The lowest BCUT2D eigenvalue weighted by atomic mass is 10.4. The molecule has 1 rings (SSSR count). The molecular weight excluding hydrogens is 178 g/mol. The summed E-state index contributed by atoms with van der Waals surface area (Å²) in [6.45, 7) is 5.52. The van der Waals surface area contributed by atoms with Crippen LogP contribution >= 0.6 is 0 Å². The van der Waals surface area contributed by atoms with Gasteiger partial charge in [0, 0.05) is 19.2 Å². The van der Waals surface area contributed by atoms with Gasteiger partial charge in [-0.25, -0.2) is 8.42 Å². The highest BCUT2D eigenvalue weighted by Gasteiger charge is 2.23. The zero-order valence-electron chi connectivity index (χ0n) is 6.56. The normalized spacial score (nSPS) is 21.8. The van der Waals surface area contributed by atoms with Crippen LogP contribution < -0.4 is 0 Å². The van der Waals surface area contributed by atoms with Crippen molar-refractivity contribution in [2.75, 3.05) is 24.6 Å². The molecule has 0 aromatic carbocycles.